The normalized spacial score (nSPS) is 16.1. The second-order valence-corrected chi connectivity index (χ2v) is 7.38. The van der Waals surface area contributed by atoms with Crippen molar-refractivity contribution < 1.29 is 4.74 Å². The van der Waals surface area contributed by atoms with Crippen LogP contribution in [0, 0.1) is 0 Å². The van der Waals surface area contributed by atoms with Gasteiger partial charge in [-0.2, -0.15) is 0 Å². The summed E-state index contributed by atoms with van der Waals surface area (Å²) < 4.78 is 5.28. The predicted molar refractivity (Wildman–Crippen MR) is 90.9 cm³/mol. The van der Waals surface area contributed by atoms with Crippen LogP contribution in [0.2, 0.25) is 0 Å². The maximum Gasteiger partial charge on any atom is 0.119 e. The van der Waals surface area contributed by atoms with Crippen molar-refractivity contribution in [1.29, 1.82) is 0 Å². The average Bonchev–Trinajstić information content (AvgIpc) is 2.79. The van der Waals surface area contributed by atoms with Gasteiger partial charge in [-0.3, -0.25) is 0 Å². The van der Waals surface area contributed by atoms with Gasteiger partial charge in [-0.05, 0) is 61.4 Å². The molecule has 0 bridgehead atoms. The topological polar surface area (TPSA) is 9.23 Å². The fourth-order valence-corrected chi connectivity index (χ4v) is 4.56. The van der Waals surface area contributed by atoms with E-state index < -0.39 is 0 Å². The van der Waals surface area contributed by atoms with Crippen molar-refractivity contribution >= 4 is 22.9 Å². The maximum atomic E-state index is 6.67. The number of alkyl halides is 1. The van der Waals surface area contributed by atoms with Crippen molar-refractivity contribution in [2.45, 2.75) is 43.9 Å². The Morgan fingerprint density at radius 3 is 2.90 bits per heavy atom. The molecule has 0 fully saturated rings. The van der Waals surface area contributed by atoms with Gasteiger partial charge >= 0.3 is 0 Å². The molecule has 1 atom stereocenters. The molecule has 1 aliphatic rings. The molecular formula is C18H21ClOS. The first-order valence-electron chi connectivity index (χ1n) is 7.65. The average molecular weight is 321 g/mol. The van der Waals surface area contributed by atoms with Crippen LogP contribution in [0.5, 0.6) is 5.75 Å². The highest BCUT2D eigenvalue weighted by molar-refractivity contribution is 7.12. The van der Waals surface area contributed by atoms with E-state index >= 15 is 0 Å². The van der Waals surface area contributed by atoms with Crippen LogP contribution in [-0.4, -0.2) is 7.11 Å². The largest absolute Gasteiger partial charge is 0.497 e. The van der Waals surface area contributed by atoms with Crippen molar-refractivity contribution in [3.8, 4) is 5.75 Å². The zero-order valence-electron chi connectivity index (χ0n) is 12.4. The second kappa shape index (κ2) is 6.85. The maximum absolute atomic E-state index is 6.67. The molecule has 21 heavy (non-hydrogen) atoms. The van der Waals surface area contributed by atoms with Crippen LogP contribution in [0.4, 0.5) is 0 Å². The zero-order valence-corrected chi connectivity index (χ0v) is 14.0. The van der Waals surface area contributed by atoms with Crippen LogP contribution in [0.15, 0.2) is 30.3 Å². The Hall–Kier alpha value is -0.990. The summed E-state index contributed by atoms with van der Waals surface area (Å²) in [4.78, 5) is 2.89. The van der Waals surface area contributed by atoms with Crippen molar-refractivity contribution in [2.24, 2.45) is 0 Å². The highest BCUT2D eigenvalue weighted by atomic mass is 35.5. The van der Waals surface area contributed by atoms with Gasteiger partial charge in [0.05, 0.1) is 12.5 Å². The first kappa shape index (κ1) is 14.9. The molecule has 0 aliphatic heterocycles. The molecule has 0 saturated carbocycles. The van der Waals surface area contributed by atoms with Crippen LogP contribution in [0.3, 0.4) is 0 Å². The fraction of sp³-hybridized carbons (Fsp3) is 0.444. The summed E-state index contributed by atoms with van der Waals surface area (Å²) in [5, 5.41) is 0.0639. The van der Waals surface area contributed by atoms with E-state index in [4.69, 9.17) is 16.3 Å². The van der Waals surface area contributed by atoms with E-state index in [1.165, 1.54) is 42.5 Å². The lowest BCUT2D eigenvalue weighted by Gasteiger charge is -2.09. The Bertz CT molecular complexity index is 582. The third kappa shape index (κ3) is 3.61. The van der Waals surface area contributed by atoms with Crippen molar-refractivity contribution in [3.05, 3.63) is 51.2 Å². The quantitative estimate of drug-likeness (QED) is 0.530. The van der Waals surface area contributed by atoms with E-state index in [9.17, 15) is 0 Å². The molecule has 3 heteroatoms. The molecule has 1 aromatic heterocycles. The molecule has 3 rings (SSSR count). The molecule has 0 spiro atoms. The third-order valence-electron chi connectivity index (χ3n) is 4.12. The Morgan fingerprint density at radius 1 is 1.19 bits per heavy atom. The minimum Gasteiger partial charge on any atom is -0.497 e. The number of ether oxygens (including phenoxy) is 1. The molecule has 0 saturated heterocycles. The number of fused-ring (bicyclic) bond motifs is 1. The lowest BCUT2D eigenvalue weighted by molar-refractivity contribution is 0.414. The molecule has 0 radical (unpaired) electrons. The molecule has 1 unspecified atom stereocenters. The van der Waals surface area contributed by atoms with Crippen LogP contribution in [0.25, 0.3) is 0 Å². The monoisotopic (exact) mass is 320 g/mol. The number of benzene rings is 1. The lowest BCUT2D eigenvalue weighted by Crippen LogP contribution is -1.94. The van der Waals surface area contributed by atoms with Crippen molar-refractivity contribution in [1.82, 2.24) is 0 Å². The molecule has 112 valence electrons. The number of rotatable bonds is 4. The second-order valence-electron chi connectivity index (χ2n) is 5.68. The summed E-state index contributed by atoms with van der Waals surface area (Å²) in [5.41, 5.74) is 2.78. The third-order valence-corrected chi connectivity index (χ3v) is 5.99. The molecule has 1 aromatic carbocycles. The van der Waals surface area contributed by atoms with Gasteiger partial charge in [-0.15, -0.1) is 22.9 Å². The molecule has 1 heterocycles. The van der Waals surface area contributed by atoms with E-state index in [1.807, 2.05) is 23.5 Å². The van der Waals surface area contributed by atoms with Crippen molar-refractivity contribution in [2.75, 3.05) is 7.11 Å². The predicted octanol–water partition coefficient (Wildman–Crippen LogP) is 5.55. The standard InChI is InChI=1S/C18H21ClOS/c1-20-15-8-5-6-13(10-15)11-16(19)18-12-14-7-3-2-4-9-17(14)21-18/h5-6,8,10,12,16H,2-4,7,9,11H2,1H3. The SMILES string of the molecule is COc1cccc(CC(Cl)c2cc3c(s2)CCCCC3)c1. The summed E-state index contributed by atoms with van der Waals surface area (Å²) in [6.07, 6.45) is 7.35. The lowest BCUT2D eigenvalue weighted by atomic mass is 10.1. The summed E-state index contributed by atoms with van der Waals surface area (Å²) in [6.45, 7) is 0. The number of hydrogen-bond donors (Lipinski definition) is 0. The smallest absolute Gasteiger partial charge is 0.119 e. The van der Waals surface area contributed by atoms with Crippen molar-refractivity contribution in [3.63, 3.8) is 0 Å². The minimum absolute atomic E-state index is 0.0639. The summed E-state index contributed by atoms with van der Waals surface area (Å²) in [5.74, 6) is 0.901. The highest BCUT2D eigenvalue weighted by Crippen LogP contribution is 2.36. The van der Waals surface area contributed by atoms with Gasteiger partial charge < -0.3 is 4.74 Å². The first-order valence-corrected chi connectivity index (χ1v) is 8.90. The first-order chi connectivity index (χ1) is 10.3. The van der Waals surface area contributed by atoms with Gasteiger partial charge in [0.1, 0.15) is 5.75 Å². The number of halogens is 1. The molecule has 0 N–H and O–H groups in total. The van der Waals surface area contributed by atoms with Crippen LogP contribution in [0.1, 0.15) is 45.5 Å². The Balaban J connectivity index is 1.74. The zero-order chi connectivity index (χ0) is 14.7. The number of thiophene rings is 1. The van der Waals surface area contributed by atoms with Crippen LogP contribution in [-0.2, 0) is 19.3 Å². The molecular weight excluding hydrogens is 300 g/mol. The van der Waals surface area contributed by atoms with Gasteiger partial charge in [0, 0.05) is 9.75 Å². The minimum atomic E-state index is 0.0639. The Kier molecular flexibility index (Phi) is 4.87. The summed E-state index contributed by atoms with van der Waals surface area (Å²) >= 11 is 8.59. The Morgan fingerprint density at radius 2 is 2.05 bits per heavy atom. The fourth-order valence-electron chi connectivity index (χ4n) is 2.95. The van der Waals surface area contributed by atoms with Gasteiger partial charge in [-0.25, -0.2) is 0 Å². The molecule has 1 nitrogen and oxygen atoms in total. The van der Waals surface area contributed by atoms with Gasteiger partial charge in [0.15, 0.2) is 0 Å². The van der Waals surface area contributed by atoms with Gasteiger partial charge in [0.25, 0.3) is 0 Å². The summed E-state index contributed by atoms with van der Waals surface area (Å²) in [6, 6.07) is 10.6. The van der Waals surface area contributed by atoms with Crippen LogP contribution < -0.4 is 4.74 Å². The van der Waals surface area contributed by atoms with E-state index in [1.54, 1.807) is 17.6 Å². The molecule has 2 aromatic rings. The van der Waals surface area contributed by atoms with Gasteiger partial charge in [0.2, 0.25) is 0 Å². The number of methoxy groups -OCH3 is 1. The van der Waals surface area contributed by atoms with E-state index in [2.05, 4.69) is 18.2 Å². The molecule has 0 amide bonds. The number of aryl methyl sites for hydroxylation is 2. The van der Waals surface area contributed by atoms with Gasteiger partial charge in [-0.1, -0.05) is 18.6 Å². The Labute approximate surface area is 135 Å². The van der Waals surface area contributed by atoms with E-state index in [0.29, 0.717) is 0 Å². The summed E-state index contributed by atoms with van der Waals surface area (Å²) in [7, 11) is 1.70. The number of hydrogen-bond acceptors (Lipinski definition) is 2. The highest BCUT2D eigenvalue weighted by Gasteiger charge is 2.17. The van der Waals surface area contributed by atoms with Crippen LogP contribution >= 0.6 is 22.9 Å². The van der Waals surface area contributed by atoms with E-state index in [0.717, 1.165) is 12.2 Å². The van der Waals surface area contributed by atoms with E-state index in [-0.39, 0.29) is 5.38 Å². The molecule has 1 aliphatic carbocycles.